The Morgan fingerprint density at radius 2 is 1.67 bits per heavy atom. The first-order chi connectivity index (χ1) is 11.4. The number of carbonyl (C=O) groups is 1. The summed E-state index contributed by atoms with van der Waals surface area (Å²) in [6.07, 6.45) is 0.836. The molecule has 0 spiro atoms. The maximum atomic E-state index is 13.5. The summed E-state index contributed by atoms with van der Waals surface area (Å²) in [5.74, 6) is 0. The van der Waals surface area contributed by atoms with E-state index in [4.69, 9.17) is 4.52 Å². The fourth-order valence-electron chi connectivity index (χ4n) is 3.30. The van der Waals surface area contributed by atoms with Crippen molar-refractivity contribution in [3.63, 3.8) is 0 Å². The smallest absolute Gasteiger partial charge is 0.300 e. The van der Waals surface area contributed by atoms with Gasteiger partial charge in [0.15, 0.2) is 0 Å². The van der Waals surface area contributed by atoms with Crippen molar-refractivity contribution in [2.75, 3.05) is 6.61 Å². The van der Waals surface area contributed by atoms with E-state index in [1.54, 1.807) is 31.2 Å². The minimum atomic E-state index is -3.62. The van der Waals surface area contributed by atoms with E-state index < -0.39 is 12.9 Å². The summed E-state index contributed by atoms with van der Waals surface area (Å²) in [5, 5.41) is 0.453. The Bertz CT molecular complexity index is 794. The molecular formula is C20H25O3P. The van der Waals surface area contributed by atoms with Crippen LogP contribution >= 0.6 is 7.37 Å². The highest BCUT2D eigenvalue weighted by molar-refractivity contribution is 7.83. The van der Waals surface area contributed by atoms with Gasteiger partial charge < -0.3 is 4.52 Å². The predicted octanol–water partition coefficient (Wildman–Crippen LogP) is 4.95. The molecule has 2 rings (SSSR count). The Balaban J connectivity index is 2.67. The molecule has 0 N–H and O–H groups in total. The summed E-state index contributed by atoms with van der Waals surface area (Å²) in [4.78, 5) is 13.3. The molecule has 0 saturated heterocycles. The molecule has 0 heterocycles. The second-order valence-electron chi connectivity index (χ2n) is 5.95. The van der Waals surface area contributed by atoms with Crippen LogP contribution in [0.4, 0.5) is 0 Å². The van der Waals surface area contributed by atoms with Crippen LogP contribution in [0.15, 0.2) is 36.4 Å². The third-order valence-electron chi connectivity index (χ3n) is 4.37. The first-order valence-electron chi connectivity index (χ1n) is 8.31. The van der Waals surface area contributed by atoms with E-state index in [2.05, 4.69) is 6.92 Å². The summed E-state index contributed by atoms with van der Waals surface area (Å²) in [6, 6.07) is 10.8. The van der Waals surface area contributed by atoms with Gasteiger partial charge in [-0.15, -0.1) is 0 Å². The van der Waals surface area contributed by atoms with Crippen molar-refractivity contribution in [2.45, 2.75) is 41.0 Å². The standard InChI is InChI=1S/C20H25O3P/c1-6-18-14(3)13-15(4)19(16(18)5)20(21)24(22,23-7-2)17-11-9-8-10-12-17/h8-13H,6-7H2,1-5H3. The molecule has 1 atom stereocenters. The van der Waals surface area contributed by atoms with E-state index in [-0.39, 0.29) is 6.61 Å². The van der Waals surface area contributed by atoms with Gasteiger partial charge in [-0.05, 0) is 68.5 Å². The van der Waals surface area contributed by atoms with Crippen molar-refractivity contribution in [1.29, 1.82) is 0 Å². The lowest BCUT2D eigenvalue weighted by Gasteiger charge is -2.21. The zero-order chi connectivity index (χ0) is 17.9. The Morgan fingerprint density at radius 1 is 1.04 bits per heavy atom. The molecule has 1 unspecified atom stereocenters. The van der Waals surface area contributed by atoms with Gasteiger partial charge in [-0.3, -0.25) is 9.36 Å². The van der Waals surface area contributed by atoms with E-state index >= 15 is 0 Å². The molecule has 0 aliphatic rings. The van der Waals surface area contributed by atoms with Gasteiger partial charge in [-0.1, -0.05) is 31.2 Å². The van der Waals surface area contributed by atoms with Crippen LogP contribution < -0.4 is 5.30 Å². The molecule has 4 heteroatoms. The van der Waals surface area contributed by atoms with Crippen LogP contribution in [0.2, 0.25) is 0 Å². The SMILES string of the molecule is CCOP(=O)(C(=O)c1c(C)cc(C)c(CC)c1C)c1ccccc1. The van der Waals surface area contributed by atoms with E-state index in [0.29, 0.717) is 10.9 Å². The van der Waals surface area contributed by atoms with Gasteiger partial charge in [-0.2, -0.15) is 0 Å². The maximum Gasteiger partial charge on any atom is 0.300 e. The number of rotatable bonds is 6. The van der Waals surface area contributed by atoms with Crippen LogP contribution in [0.1, 0.15) is 46.5 Å². The second kappa shape index (κ2) is 7.46. The summed E-state index contributed by atoms with van der Waals surface area (Å²) in [7, 11) is -3.62. The van der Waals surface area contributed by atoms with Crippen molar-refractivity contribution < 1.29 is 13.9 Å². The fourth-order valence-corrected chi connectivity index (χ4v) is 5.37. The Kier molecular flexibility index (Phi) is 5.79. The van der Waals surface area contributed by atoms with Gasteiger partial charge in [0.1, 0.15) is 0 Å². The lowest BCUT2D eigenvalue weighted by molar-refractivity contribution is 0.105. The number of hydrogen-bond donors (Lipinski definition) is 0. The van der Waals surface area contributed by atoms with Crippen LogP contribution in [-0.4, -0.2) is 12.1 Å². The average Bonchev–Trinajstić information content (AvgIpc) is 2.55. The molecular weight excluding hydrogens is 319 g/mol. The molecule has 0 fully saturated rings. The topological polar surface area (TPSA) is 43.4 Å². The van der Waals surface area contributed by atoms with Gasteiger partial charge in [-0.25, -0.2) is 0 Å². The molecule has 2 aromatic carbocycles. The first-order valence-corrected chi connectivity index (χ1v) is 9.94. The van der Waals surface area contributed by atoms with Crippen molar-refractivity contribution in [2.24, 2.45) is 0 Å². The highest BCUT2D eigenvalue weighted by Gasteiger charge is 2.37. The van der Waals surface area contributed by atoms with Crippen LogP contribution in [0.5, 0.6) is 0 Å². The Hall–Kier alpha value is -1.70. The zero-order valence-corrected chi connectivity index (χ0v) is 15.9. The van der Waals surface area contributed by atoms with Crippen LogP contribution in [-0.2, 0) is 15.5 Å². The Morgan fingerprint density at radius 3 is 2.21 bits per heavy atom. The molecule has 0 radical (unpaired) electrons. The van der Waals surface area contributed by atoms with Gasteiger partial charge in [0, 0.05) is 10.9 Å². The normalized spacial score (nSPS) is 13.5. The number of benzene rings is 2. The fraction of sp³-hybridized carbons (Fsp3) is 0.350. The lowest BCUT2D eigenvalue weighted by Crippen LogP contribution is -2.18. The molecule has 0 bridgehead atoms. The molecule has 0 aliphatic heterocycles. The van der Waals surface area contributed by atoms with Crippen LogP contribution in [0, 0.1) is 20.8 Å². The summed E-state index contributed by atoms with van der Waals surface area (Å²) in [5.41, 5.74) is 4.20. The lowest BCUT2D eigenvalue weighted by atomic mass is 9.93. The van der Waals surface area contributed by atoms with Crippen molar-refractivity contribution >= 4 is 18.2 Å². The van der Waals surface area contributed by atoms with Crippen molar-refractivity contribution in [1.82, 2.24) is 0 Å². The largest absolute Gasteiger partial charge is 0.320 e. The number of aryl methyl sites for hydroxylation is 2. The van der Waals surface area contributed by atoms with Crippen LogP contribution in [0.25, 0.3) is 0 Å². The van der Waals surface area contributed by atoms with Gasteiger partial charge in [0.25, 0.3) is 5.52 Å². The van der Waals surface area contributed by atoms with Crippen molar-refractivity contribution in [3.8, 4) is 0 Å². The van der Waals surface area contributed by atoms with E-state index in [9.17, 15) is 9.36 Å². The number of carbonyl (C=O) groups excluding carboxylic acids is 1. The zero-order valence-electron chi connectivity index (χ0n) is 15.1. The molecule has 128 valence electrons. The highest BCUT2D eigenvalue weighted by Crippen LogP contribution is 2.50. The molecule has 0 aliphatic carbocycles. The summed E-state index contributed by atoms with van der Waals surface area (Å²) >= 11 is 0. The molecule has 2 aromatic rings. The third-order valence-corrected chi connectivity index (χ3v) is 6.73. The van der Waals surface area contributed by atoms with E-state index in [1.165, 1.54) is 0 Å². The summed E-state index contributed by atoms with van der Waals surface area (Å²) in [6.45, 7) is 9.93. The molecule has 0 aromatic heterocycles. The van der Waals surface area contributed by atoms with Crippen molar-refractivity contribution in [3.05, 3.63) is 64.2 Å². The van der Waals surface area contributed by atoms with Gasteiger partial charge in [0.2, 0.25) is 0 Å². The summed E-state index contributed by atoms with van der Waals surface area (Å²) < 4.78 is 19.1. The predicted molar refractivity (Wildman–Crippen MR) is 99.7 cm³/mol. The highest BCUT2D eigenvalue weighted by atomic mass is 31.2. The molecule has 0 amide bonds. The average molecular weight is 344 g/mol. The minimum absolute atomic E-state index is 0.225. The van der Waals surface area contributed by atoms with E-state index in [1.807, 2.05) is 32.9 Å². The third kappa shape index (κ3) is 3.24. The molecule has 24 heavy (non-hydrogen) atoms. The van der Waals surface area contributed by atoms with E-state index in [0.717, 1.165) is 28.7 Å². The quantitative estimate of drug-likeness (QED) is 0.696. The minimum Gasteiger partial charge on any atom is -0.320 e. The molecule has 0 saturated carbocycles. The first kappa shape index (κ1) is 18.6. The van der Waals surface area contributed by atoms with Crippen LogP contribution in [0.3, 0.4) is 0 Å². The maximum absolute atomic E-state index is 13.5. The second-order valence-corrected chi connectivity index (χ2v) is 8.24. The Labute approximate surface area is 144 Å². The van der Waals surface area contributed by atoms with Gasteiger partial charge in [0.05, 0.1) is 6.61 Å². The number of hydrogen-bond acceptors (Lipinski definition) is 3. The van der Waals surface area contributed by atoms with Gasteiger partial charge >= 0.3 is 7.37 Å². The molecule has 3 nitrogen and oxygen atoms in total. The monoisotopic (exact) mass is 344 g/mol.